The predicted octanol–water partition coefficient (Wildman–Crippen LogP) is 2.51. The number of benzene rings is 1. The van der Waals surface area contributed by atoms with Crippen LogP contribution in [0.25, 0.3) is 0 Å². The number of rotatable bonds is 6. The van der Waals surface area contributed by atoms with E-state index in [1.165, 1.54) is 11.1 Å². The number of aliphatic carboxylic acids is 1. The van der Waals surface area contributed by atoms with Crippen LogP contribution < -0.4 is 0 Å². The van der Waals surface area contributed by atoms with Gasteiger partial charge in [0.15, 0.2) is 0 Å². The van der Waals surface area contributed by atoms with E-state index >= 15 is 0 Å². The zero-order chi connectivity index (χ0) is 13.1. The second-order valence-electron chi connectivity index (χ2n) is 5.33. The summed E-state index contributed by atoms with van der Waals surface area (Å²) >= 11 is 0. The quantitative estimate of drug-likeness (QED) is 0.839. The molecule has 0 aromatic heterocycles. The fourth-order valence-electron chi connectivity index (χ4n) is 2.61. The Morgan fingerprint density at radius 2 is 2.17 bits per heavy atom. The third kappa shape index (κ3) is 2.91. The van der Waals surface area contributed by atoms with Gasteiger partial charge in [0.1, 0.15) is 0 Å². The first kappa shape index (κ1) is 13.1. The molecule has 1 aliphatic carbocycles. The van der Waals surface area contributed by atoms with Crippen molar-refractivity contribution in [2.24, 2.45) is 0 Å². The van der Waals surface area contributed by atoms with Crippen LogP contribution in [0.5, 0.6) is 0 Å². The molecule has 0 amide bonds. The lowest BCUT2D eigenvalue weighted by atomic mass is 9.77. The van der Waals surface area contributed by atoms with Crippen LogP contribution >= 0.6 is 0 Å². The van der Waals surface area contributed by atoms with Crippen LogP contribution in [-0.4, -0.2) is 35.1 Å². The van der Waals surface area contributed by atoms with Gasteiger partial charge in [-0.2, -0.15) is 0 Å². The molecule has 0 spiro atoms. The molecule has 1 aromatic rings. The lowest BCUT2D eigenvalue weighted by Crippen LogP contribution is -2.39. The fraction of sp³-hybridized carbons (Fsp3) is 0.533. The summed E-state index contributed by atoms with van der Waals surface area (Å²) in [7, 11) is 0. The van der Waals surface area contributed by atoms with Gasteiger partial charge in [-0.1, -0.05) is 24.3 Å². The van der Waals surface area contributed by atoms with Crippen molar-refractivity contribution in [1.82, 2.24) is 4.90 Å². The molecule has 3 nitrogen and oxygen atoms in total. The molecule has 1 unspecified atom stereocenters. The predicted molar refractivity (Wildman–Crippen MR) is 71.8 cm³/mol. The summed E-state index contributed by atoms with van der Waals surface area (Å²) in [4.78, 5) is 12.9. The lowest BCUT2D eigenvalue weighted by molar-refractivity contribution is -0.137. The SMILES string of the molecule is CC(C)N(CCC(=O)O)CC1Cc2ccccc21. The lowest BCUT2D eigenvalue weighted by Gasteiger charge is -2.36. The summed E-state index contributed by atoms with van der Waals surface area (Å²) in [6.07, 6.45) is 1.36. The van der Waals surface area contributed by atoms with Gasteiger partial charge in [0.25, 0.3) is 0 Å². The van der Waals surface area contributed by atoms with Gasteiger partial charge in [0.05, 0.1) is 6.42 Å². The largest absolute Gasteiger partial charge is 0.481 e. The summed E-state index contributed by atoms with van der Waals surface area (Å²) in [5, 5.41) is 8.78. The Hall–Kier alpha value is -1.35. The van der Waals surface area contributed by atoms with Crippen LogP contribution in [0.3, 0.4) is 0 Å². The van der Waals surface area contributed by atoms with Gasteiger partial charge < -0.3 is 5.11 Å². The zero-order valence-electron chi connectivity index (χ0n) is 11.1. The number of carbonyl (C=O) groups is 1. The highest BCUT2D eigenvalue weighted by atomic mass is 16.4. The summed E-state index contributed by atoms with van der Waals surface area (Å²) in [6.45, 7) is 5.88. The molecule has 98 valence electrons. The first-order chi connectivity index (χ1) is 8.58. The molecule has 3 heteroatoms. The molecule has 0 bridgehead atoms. The van der Waals surface area contributed by atoms with Crippen molar-refractivity contribution in [2.45, 2.75) is 38.6 Å². The molecule has 0 radical (unpaired) electrons. The summed E-state index contributed by atoms with van der Waals surface area (Å²) in [6, 6.07) is 8.95. The van der Waals surface area contributed by atoms with Crippen molar-refractivity contribution in [1.29, 1.82) is 0 Å². The maximum absolute atomic E-state index is 10.7. The van der Waals surface area contributed by atoms with Crippen LogP contribution in [0.1, 0.15) is 37.3 Å². The second kappa shape index (κ2) is 5.53. The zero-order valence-corrected chi connectivity index (χ0v) is 11.1. The van der Waals surface area contributed by atoms with Gasteiger partial charge in [-0.3, -0.25) is 9.69 Å². The first-order valence-electron chi connectivity index (χ1n) is 6.61. The Balaban J connectivity index is 1.93. The highest BCUT2D eigenvalue weighted by Crippen LogP contribution is 2.35. The molecule has 18 heavy (non-hydrogen) atoms. The van der Waals surface area contributed by atoms with E-state index in [9.17, 15) is 4.79 Å². The molecule has 1 atom stereocenters. The van der Waals surface area contributed by atoms with Crippen molar-refractivity contribution >= 4 is 5.97 Å². The van der Waals surface area contributed by atoms with Crippen molar-refractivity contribution < 1.29 is 9.90 Å². The Morgan fingerprint density at radius 3 is 2.78 bits per heavy atom. The summed E-state index contributed by atoms with van der Waals surface area (Å²) < 4.78 is 0. The number of hydrogen-bond donors (Lipinski definition) is 1. The van der Waals surface area contributed by atoms with E-state index in [0.29, 0.717) is 18.5 Å². The van der Waals surface area contributed by atoms with E-state index in [2.05, 4.69) is 43.0 Å². The van der Waals surface area contributed by atoms with E-state index < -0.39 is 5.97 Å². The Morgan fingerprint density at radius 1 is 1.44 bits per heavy atom. The molecule has 1 aromatic carbocycles. The third-order valence-electron chi connectivity index (χ3n) is 3.76. The molecular formula is C15H21NO2. The minimum atomic E-state index is -0.713. The van der Waals surface area contributed by atoms with Gasteiger partial charge in [-0.05, 0) is 31.4 Å². The average molecular weight is 247 g/mol. The van der Waals surface area contributed by atoms with Crippen molar-refractivity contribution in [3.63, 3.8) is 0 Å². The number of hydrogen-bond acceptors (Lipinski definition) is 2. The van der Waals surface area contributed by atoms with E-state index in [-0.39, 0.29) is 6.42 Å². The van der Waals surface area contributed by atoms with Gasteiger partial charge >= 0.3 is 5.97 Å². The summed E-state index contributed by atoms with van der Waals surface area (Å²) in [5.41, 5.74) is 2.89. The maximum atomic E-state index is 10.7. The number of nitrogens with zero attached hydrogens (tertiary/aromatic N) is 1. The van der Waals surface area contributed by atoms with E-state index in [1.54, 1.807) is 0 Å². The second-order valence-corrected chi connectivity index (χ2v) is 5.33. The van der Waals surface area contributed by atoms with Crippen LogP contribution in [0.2, 0.25) is 0 Å². The number of carboxylic acid groups (broad SMARTS) is 1. The first-order valence-corrected chi connectivity index (χ1v) is 6.61. The summed E-state index contributed by atoms with van der Waals surface area (Å²) in [5.74, 6) is -0.132. The van der Waals surface area contributed by atoms with E-state index in [4.69, 9.17) is 5.11 Å². The minimum absolute atomic E-state index is 0.229. The minimum Gasteiger partial charge on any atom is -0.481 e. The fourth-order valence-corrected chi connectivity index (χ4v) is 2.61. The van der Waals surface area contributed by atoms with E-state index in [1.807, 2.05) is 0 Å². The average Bonchev–Trinajstić information content (AvgIpc) is 2.28. The van der Waals surface area contributed by atoms with Crippen molar-refractivity contribution in [3.05, 3.63) is 35.4 Å². The highest BCUT2D eigenvalue weighted by molar-refractivity contribution is 5.66. The topological polar surface area (TPSA) is 40.5 Å². The van der Waals surface area contributed by atoms with Gasteiger partial charge in [0, 0.05) is 25.0 Å². The van der Waals surface area contributed by atoms with Crippen molar-refractivity contribution in [2.75, 3.05) is 13.1 Å². The maximum Gasteiger partial charge on any atom is 0.304 e. The highest BCUT2D eigenvalue weighted by Gasteiger charge is 2.28. The van der Waals surface area contributed by atoms with Crippen LogP contribution in [-0.2, 0) is 11.2 Å². The molecule has 0 saturated carbocycles. The molecule has 1 aliphatic rings. The van der Waals surface area contributed by atoms with Crippen LogP contribution in [0.4, 0.5) is 0 Å². The Kier molecular flexibility index (Phi) is 4.02. The Bertz CT molecular complexity index is 428. The van der Waals surface area contributed by atoms with Crippen LogP contribution in [0.15, 0.2) is 24.3 Å². The number of carboxylic acids is 1. The van der Waals surface area contributed by atoms with Crippen molar-refractivity contribution in [3.8, 4) is 0 Å². The van der Waals surface area contributed by atoms with Crippen LogP contribution in [0, 0.1) is 0 Å². The molecule has 0 heterocycles. The standard InChI is InChI=1S/C15H21NO2/c1-11(2)16(8-7-15(17)18)10-13-9-12-5-3-4-6-14(12)13/h3-6,11,13H,7-10H2,1-2H3,(H,17,18). The van der Waals surface area contributed by atoms with Gasteiger partial charge in [-0.25, -0.2) is 0 Å². The van der Waals surface area contributed by atoms with Gasteiger partial charge in [0.2, 0.25) is 0 Å². The molecule has 0 aliphatic heterocycles. The molecule has 0 fully saturated rings. The number of fused-ring (bicyclic) bond motifs is 1. The van der Waals surface area contributed by atoms with Gasteiger partial charge in [-0.15, -0.1) is 0 Å². The molecule has 2 rings (SSSR count). The monoisotopic (exact) mass is 247 g/mol. The third-order valence-corrected chi connectivity index (χ3v) is 3.76. The smallest absolute Gasteiger partial charge is 0.304 e. The van der Waals surface area contributed by atoms with E-state index in [0.717, 1.165) is 13.0 Å². The molecular weight excluding hydrogens is 226 g/mol. The molecule has 1 N–H and O–H groups in total. The molecule has 0 saturated heterocycles. The normalized spacial score (nSPS) is 17.7. The Labute approximate surface area is 108 Å².